The minimum absolute atomic E-state index is 0.0462. The van der Waals surface area contributed by atoms with Gasteiger partial charge in [-0.05, 0) is 63.8 Å². The number of anilines is 1. The zero-order chi connectivity index (χ0) is 15.8. The number of aryl methyl sites for hydroxylation is 2. The van der Waals surface area contributed by atoms with Crippen LogP contribution in [0.3, 0.4) is 0 Å². The molecular formula is C15H25N3O2S. The lowest BCUT2D eigenvalue weighted by Crippen LogP contribution is -2.47. The number of nitrogen functional groups attached to an aromatic ring is 1. The smallest absolute Gasteiger partial charge is 0.244 e. The van der Waals surface area contributed by atoms with Gasteiger partial charge in [-0.2, -0.15) is 4.31 Å². The molecule has 1 aromatic rings. The Balaban J connectivity index is 2.54. The van der Waals surface area contributed by atoms with Crippen LogP contribution in [0.4, 0.5) is 5.69 Å². The summed E-state index contributed by atoms with van der Waals surface area (Å²) in [5.41, 5.74) is 4.76. The van der Waals surface area contributed by atoms with Crippen molar-refractivity contribution in [1.29, 1.82) is 0 Å². The molecule has 0 saturated carbocycles. The normalized spacial score (nSPS) is 24.0. The molecule has 0 aliphatic carbocycles. The number of hydrazine groups is 1. The summed E-state index contributed by atoms with van der Waals surface area (Å²) in [6.07, 6.45) is 2.93. The van der Waals surface area contributed by atoms with Crippen molar-refractivity contribution in [3.63, 3.8) is 0 Å². The molecule has 0 aromatic heterocycles. The van der Waals surface area contributed by atoms with Gasteiger partial charge in [0.15, 0.2) is 0 Å². The maximum Gasteiger partial charge on any atom is 0.244 e. The van der Waals surface area contributed by atoms with E-state index in [1.165, 1.54) is 0 Å². The summed E-state index contributed by atoms with van der Waals surface area (Å²) in [6, 6.07) is 3.65. The SMILES string of the molecule is Cc1cc(NN)cc(C)c1S(=O)(=O)N1C(C)CCCC1C. The van der Waals surface area contributed by atoms with Crippen molar-refractivity contribution in [2.24, 2.45) is 5.84 Å². The van der Waals surface area contributed by atoms with Crippen molar-refractivity contribution >= 4 is 15.7 Å². The number of nitrogens with two attached hydrogens (primary N) is 1. The van der Waals surface area contributed by atoms with E-state index in [0.29, 0.717) is 4.90 Å². The molecule has 1 aromatic carbocycles. The van der Waals surface area contributed by atoms with Gasteiger partial charge in [-0.1, -0.05) is 6.42 Å². The van der Waals surface area contributed by atoms with Crippen LogP contribution in [0.5, 0.6) is 0 Å². The first-order valence-corrected chi connectivity index (χ1v) is 8.84. The molecule has 1 heterocycles. The third-order valence-corrected chi connectivity index (χ3v) is 6.71. The largest absolute Gasteiger partial charge is 0.324 e. The standard InChI is InChI=1S/C15H25N3O2S/c1-10-8-14(17-16)9-11(2)15(10)21(19,20)18-12(3)6-5-7-13(18)4/h8-9,12-13,17H,5-7,16H2,1-4H3. The highest BCUT2D eigenvalue weighted by atomic mass is 32.2. The van der Waals surface area contributed by atoms with E-state index >= 15 is 0 Å². The number of sulfonamides is 1. The summed E-state index contributed by atoms with van der Waals surface area (Å²) >= 11 is 0. The predicted octanol–water partition coefficient (Wildman–Crippen LogP) is 2.54. The molecule has 0 spiro atoms. The summed E-state index contributed by atoms with van der Waals surface area (Å²) in [7, 11) is -3.48. The van der Waals surface area contributed by atoms with E-state index in [1.807, 2.05) is 27.7 Å². The lowest BCUT2D eigenvalue weighted by atomic mass is 10.0. The van der Waals surface area contributed by atoms with Crippen molar-refractivity contribution < 1.29 is 8.42 Å². The number of hydrogen-bond donors (Lipinski definition) is 2. The van der Waals surface area contributed by atoms with Crippen molar-refractivity contribution in [3.05, 3.63) is 23.3 Å². The van der Waals surface area contributed by atoms with E-state index in [1.54, 1.807) is 16.4 Å². The van der Waals surface area contributed by atoms with Gasteiger partial charge in [-0.15, -0.1) is 0 Å². The van der Waals surface area contributed by atoms with E-state index in [9.17, 15) is 8.42 Å². The van der Waals surface area contributed by atoms with Gasteiger partial charge in [0, 0.05) is 17.8 Å². The van der Waals surface area contributed by atoms with Gasteiger partial charge < -0.3 is 5.43 Å². The Morgan fingerprint density at radius 2 is 1.62 bits per heavy atom. The topological polar surface area (TPSA) is 75.4 Å². The molecule has 5 nitrogen and oxygen atoms in total. The van der Waals surface area contributed by atoms with Crippen LogP contribution in [0.1, 0.15) is 44.2 Å². The Bertz CT molecular complexity index is 595. The predicted molar refractivity (Wildman–Crippen MR) is 85.5 cm³/mol. The average molecular weight is 311 g/mol. The van der Waals surface area contributed by atoms with E-state index in [0.717, 1.165) is 36.1 Å². The van der Waals surface area contributed by atoms with Crippen LogP contribution in [-0.4, -0.2) is 24.8 Å². The van der Waals surface area contributed by atoms with Crippen LogP contribution in [0.15, 0.2) is 17.0 Å². The second-order valence-electron chi connectivity index (χ2n) is 6.05. The average Bonchev–Trinajstić information content (AvgIpc) is 2.36. The van der Waals surface area contributed by atoms with Crippen LogP contribution in [-0.2, 0) is 10.0 Å². The third-order valence-electron chi connectivity index (χ3n) is 4.28. The summed E-state index contributed by atoms with van der Waals surface area (Å²) < 4.78 is 27.9. The Morgan fingerprint density at radius 3 is 2.05 bits per heavy atom. The highest BCUT2D eigenvalue weighted by Gasteiger charge is 2.37. The van der Waals surface area contributed by atoms with Crippen molar-refractivity contribution in [3.8, 4) is 0 Å². The van der Waals surface area contributed by atoms with Crippen LogP contribution in [0.2, 0.25) is 0 Å². The molecule has 0 bridgehead atoms. The molecule has 21 heavy (non-hydrogen) atoms. The number of hydrogen-bond acceptors (Lipinski definition) is 4. The van der Waals surface area contributed by atoms with Gasteiger partial charge in [-0.25, -0.2) is 8.42 Å². The first-order valence-electron chi connectivity index (χ1n) is 7.40. The molecule has 1 aliphatic rings. The van der Waals surface area contributed by atoms with Crippen LogP contribution in [0.25, 0.3) is 0 Å². The number of piperidine rings is 1. The molecule has 0 radical (unpaired) electrons. The number of nitrogens with one attached hydrogen (secondary N) is 1. The van der Waals surface area contributed by atoms with Crippen molar-refractivity contribution in [2.45, 2.75) is 63.9 Å². The highest BCUT2D eigenvalue weighted by molar-refractivity contribution is 7.89. The fourth-order valence-electron chi connectivity index (χ4n) is 3.42. The zero-order valence-electron chi connectivity index (χ0n) is 13.2. The Hall–Kier alpha value is -1.11. The molecule has 2 unspecified atom stereocenters. The zero-order valence-corrected chi connectivity index (χ0v) is 14.0. The molecule has 118 valence electrons. The van der Waals surface area contributed by atoms with E-state index in [-0.39, 0.29) is 12.1 Å². The Labute approximate surface area is 127 Å². The van der Waals surface area contributed by atoms with Gasteiger partial charge in [0.2, 0.25) is 10.0 Å². The molecule has 2 rings (SSSR count). The number of nitrogens with zero attached hydrogens (tertiary/aromatic N) is 1. The maximum atomic E-state index is 13.1. The summed E-state index contributed by atoms with van der Waals surface area (Å²) in [5, 5.41) is 0. The third kappa shape index (κ3) is 2.93. The number of rotatable bonds is 3. The fraction of sp³-hybridized carbons (Fsp3) is 0.600. The summed E-state index contributed by atoms with van der Waals surface area (Å²) in [6.45, 7) is 7.63. The quantitative estimate of drug-likeness (QED) is 0.664. The van der Waals surface area contributed by atoms with E-state index in [4.69, 9.17) is 5.84 Å². The van der Waals surface area contributed by atoms with Gasteiger partial charge in [0.25, 0.3) is 0 Å². The molecule has 1 saturated heterocycles. The highest BCUT2D eigenvalue weighted by Crippen LogP contribution is 2.33. The van der Waals surface area contributed by atoms with Crippen LogP contribution < -0.4 is 11.3 Å². The minimum atomic E-state index is -3.48. The molecule has 1 aliphatic heterocycles. The van der Waals surface area contributed by atoms with Gasteiger partial charge in [-0.3, -0.25) is 5.84 Å². The lowest BCUT2D eigenvalue weighted by Gasteiger charge is -2.38. The molecule has 2 atom stereocenters. The molecule has 0 amide bonds. The second kappa shape index (κ2) is 5.94. The Morgan fingerprint density at radius 1 is 1.14 bits per heavy atom. The first-order chi connectivity index (χ1) is 9.78. The summed E-state index contributed by atoms with van der Waals surface area (Å²) in [5.74, 6) is 5.42. The van der Waals surface area contributed by atoms with Gasteiger partial charge in [0.05, 0.1) is 4.90 Å². The minimum Gasteiger partial charge on any atom is -0.324 e. The lowest BCUT2D eigenvalue weighted by molar-refractivity contribution is 0.204. The monoisotopic (exact) mass is 311 g/mol. The first kappa shape index (κ1) is 16.3. The van der Waals surface area contributed by atoms with E-state index < -0.39 is 10.0 Å². The second-order valence-corrected chi connectivity index (χ2v) is 7.83. The molecule has 6 heteroatoms. The van der Waals surface area contributed by atoms with E-state index in [2.05, 4.69) is 5.43 Å². The van der Waals surface area contributed by atoms with Gasteiger partial charge in [0.1, 0.15) is 0 Å². The molecule has 1 fully saturated rings. The maximum absolute atomic E-state index is 13.1. The van der Waals surface area contributed by atoms with Crippen LogP contribution in [0, 0.1) is 13.8 Å². The van der Waals surface area contributed by atoms with Gasteiger partial charge >= 0.3 is 0 Å². The Kier molecular flexibility index (Phi) is 4.60. The molecule has 3 N–H and O–H groups in total. The van der Waals surface area contributed by atoms with Crippen molar-refractivity contribution in [2.75, 3.05) is 5.43 Å². The van der Waals surface area contributed by atoms with Crippen LogP contribution >= 0.6 is 0 Å². The molecular weight excluding hydrogens is 286 g/mol. The summed E-state index contributed by atoms with van der Waals surface area (Å²) in [4.78, 5) is 0.419. The van der Waals surface area contributed by atoms with Crippen molar-refractivity contribution in [1.82, 2.24) is 4.31 Å². The fourth-order valence-corrected chi connectivity index (χ4v) is 5.72. The number of benzene rings is 1.